The summed E-state index contributed by atoms with van der Waals surface area (Å²) in [5.74, 6) is 0.847. The lowest BCUT2D eigenvalue weighted by Crippen LogP contribution is -2.40. The number of benzene rings is 2. The Balaban J connectivity index is 1.95. The standard InChI is InChI=1S/C21H26N2O2S/c1-15(2)13-14-25-19-12-8-7-11-18(19)20(24)23-21(26)22-16(3)17-9-5-4-6-10-17/h4-12,15-16H,13-14H2,1-3H3,(H2,22,23,24,26)/t16-/m1/s1. The third-order valence-electron chi connectivity index (χ3n) is 3.96. The number of carbonyl (C=O) groups excluding carboxylic acids is 1. The highest BCUT2D eigenvalue weighted by Gasteiger charge is 2.15. The SMILES string of the molecule is CC(C)CCOc1ccccc1C(=O)NC(=S)N[C@H](C)c1ccccc1. The summed E-state index contributed by atoms with van der Waals surface area (Å²) in [6.45, 7) is 6.85. The maximum Gasteiger partial charge on any atom is 0.261 e. The fourth-order valence-corrected chi connectivity index (χ4v) is 2.68. The zero-order valence-electron chi connectivity index (χ0n) is 15.5. The van der Waals surface area contributed by atoms with E-state index in [-0.39, 0.29) is 11.9 Å². The lowest BCUT2D eigenvalue weighted by Gasteiger charge is -2.17. The number of carbonyl (C=O) groups is 1. The largest absolute Gasteiger partial charge is 0.493 e. The molecule has 0 aromatic heterocycles. The Morgan fingerprint density at radius 2 is 1.69 bits per heavy atom. The fraction of sp³-hybridized carbons (Fsp3) is 0.333. The minimum absolute atomic E-state index is 0.00142. The summed E-state index contributed by atoms with van der Waals surface area (Å²) in [5, 5.41) is 6.17. The second-order valence-corrected chi connectivity index (χ2v) is 7.00. The summed E-state index contributed by atoms with van der Waals surface area (Å²) in [4.78, 5) is 12.6. The van der Waals surface area contributed by atoms with Crippen molar-refractivity contribution in [3.05, 3.63) is 65.7 Å². The monoisotopic (exact) mass is 370 g/mol. The predicted octanol–water partition coefficient (Wildman–Crippen LogP) is 4.48. The third-order valence-corrected chi connectivity index (χ3v) is 4.18. The van der Waals surface area contributed by atoms with Crippen LogP contribution in [0.4, 0.5) is 0 Å². The van der Waals surface area contributed by atoms with Gasteiger partial charge in [0.2, 0.25) is 0 Å². The van der Waals surface area contributed by atoms with E-state index in [0.717, 1.165) is 12.0 Å². The molecule has 0 aliphatic heterocycles. The second-order valence-electron chi connectivity index (χ2n) is 6.59. The molecule has 2 aromatic carbocycles. The molecule has 0 aliphatic carbocycles. The van der Waals surface area contributed by atoms with Crippen LogP contribution in [0.1, 0.15) is 49.2 Å². The summed E-state index contributed by atoms with van der Waals surface area (Å²) in [5.41, 5.74) is 1.58. The van der Waals surface area contributed by atoms with Gasteiger partial charge in [-0.05, 0) is 49.2 Å². The van der Waals surface area contributed by atoms with Crippen LogP contribution in [-0.2, 0) is 0 Å². The van der Waals surface area contributed by atoms with Crippen LogP contribution in [0.15, 0.2) is 54.6 Å². The third kappa shape index (κ3) is 6.15. The molecular weight excluding hydrogens is 344 g/mol. The molecule has 2 rings (SSSR count). The number of rotatable bonds is 7. The van der Waals surface area contributed by atoms with Crippen molar-refractivity contribution in [1.82, 2.24) is 10.6 Å². The zero-order chi connectivity index (χ0) is 18.9. The Morgan fingerprint density at radius 1 is 1.04 bits per heavy atom. The number of hydrogen-bond acceptors (Lipinski definition) is 3. The van der Waals surface area contributed by atoms with Gasteiger partial charge >= 0.3 is 0 Å². The summed E-state index contributed by atoms with van der Waals surface area (Å²) >= 11 is 5.29. The van der Waals surface area contributed by atoms with Gasteiger partial charge in [0.25, 0.3) is 5.91 Å². The number of amides is 1. The van der Waals surface area contributed by atoms with E-state index < -0.39 is 0 Å². The Bertz CT molecular complexity index is 732. The molecule has 0 unspecified atom stereocenters. The van der Waals surface area contributed by atoms with Gasteiger partial charge in [-0.1, -0.05) is 56.3 Å². The molecule has 0 bridgehead atoms. The second kappa shape index (κ2) is 9.92. The molecule has 0 aliphatic rings. The molecular formula is C21H26N2O2S. The fourth-order valence-electron chi connectivity index (χ4n) is 2.41. The molecule has 1 amide bonds. The Hall–Kier alpha value is -2.40. The number of para-hydroxylation sites is 1. The molecule has 26 heavy (non-hydrogen) atoms. The molecule has 5 heteroatoms. The van der Waals surface area contributed by atoms with Gasteiger partial charge in [-0.25, -0.2) is 0 Å². The van der Waals surface area contributed by atoms with E-state index in [1.54, 1.807) is 12.1 Å². The minimum atomic E-state index is -0.275. The first kappa shape index (κ1) is 19.9. The van der Waals surface area contributed by atoms with Crippen LogP contribution in [0, 0.1) is 5.92 Å². The van der Waals surface area contributed by atoms with Gasteiger partial charge in [0.15, 0.2) is 5.11 Å². The summed E-state index contributed by atoms with van der Waals surface area (Å²) in [7, 11) is 0. The van der Waals surface area contributed by atoms with Crippen molar-refractivity contribution in [3.63, 3.8) is 0 Å². The summed E-state index contributed by atoms with van der Waals surface area (Å²) < 4.78 is 5.78. The van der Waals surface area contributed by atoms with E-state index in [0.29, 0.717) is 29.0 Å². The first-order valence-corrected chi connectivity index (χ1v) is 9.26. The van der Waals surface area contributed by atoms with Crippen molar-refractivity contribution < 1.29 is 9.53 Å². The lowest BCUT2D eigenvalue weighted by molar-refractivity contribution is 0.0972. The van der Waals surface area contributed by atoms with Gasteiger partial charge in [0.05, 0.1) is 18.2 Å². The highest BCUT2D eigenvalue weighted by atomic mass is 32.1. The number of ether oxygens (including phenoxy) is 1. The molecule has 1 atom stereocenters. The van der Waals surface area contributed by atoms with Crippen LogP contribution >= 0.6 is 12.2 Å². The molecule has 2 aromatic rings. The lowest BCUT2D eigenvalue weighted by atomic mass is 10.1. The molecule has 2 N–H and O–H groups in total. The van der Waals surface area contributed by atoms with Crippen LogP contribution in [-0.4, -0.2) is 17.6 Å². The molecule has 0 radical (unpaired) electrons. The average molecular weight is 371 g/mol. The van der Waals surface area contributed by atoms with Crippen molar-refractivity contribution in [3.8, 4) is 5.75 Å². The van der Waals surface area contributed by atoms with Crippen LogP contribution in [0.2, 0.25) is 0 Å². The number of nitrogens with one attached hydrogen (secondary N) is 2. The van der Waals surface area contributed by atoms with Crippen molar-refractivity contribution in [2.24, 2.45) is 5.92 Å². The highest BCUT2D eigenvalue weighted by Crippen LogP contribution is 2.19. The number of thiocarbonyl (C=S) groups is 1. The first-order valence-electron chi connectivity index (χ1n) is 8.86. The normalized spacial score (nSPS) is 11.7. The zero-order valence-corrected chi connectivity index (χ0v) is 16.3. The molecule has 0 saturated carbocycles. The van der Waals surface area contributed by atoms with Gasteiger partial charge in [0.1, 0.15) is 5.75 Å². The average Bonchev–Trinajstić information content (AvgIpc) is 2.62. The van der Waals surface area contributed by atoms with Gasteiger partial charge in [0, 0.05) is 0 Å². The van der Waals surface area contributed by atoms with Crippen molar-refractivity contribution in [2.75, 3.05) is 6.61 Å². The van der Waals surface area contributed by atoms with Crippen LogP contribution in [0.3, 0.4) is 0 Å². The van der Waals surface area contributed by atoms with Gasteiger partial charge in [-0.3, -0.25) is 10.1 Å². The van der Waals surface area contributed by atoms with Crippen molar-refractivity contribution in [1.29, 1.82) is 0 Å². The predicted molar refractivity (Wildman–Crippen MR) is 109 cm³/mol. The maximum absolute atomic E-state index is 12.6. The van der Waals surface area contributed by atoms with Gasteiger partial charge < -0.3 is 10.1 Å². The molecule has 0 heterocycles. The Kier molecular flexibility index (Phi) is 7.60. The van der Waals surface area contributed by atoms with E-state index in [1.165, 1.54) is 0 Å². The van der Waals surface area contributed by atoms with Gasteiger partial charge in [-0.2, -0.15) is 0 Å². The summed E-state index contributed by atoms with van der Waals surface area (Å²) in [6.07, 6.45) is 0.935. The van der Waals surface area contributed by atoms with E-state index in [9.17, 15) is 4.79 Å². The molecule has 0 saturated heterocycles. The minimum Gasteiger partial charge on any atom is -0.493 e. The van der Waals surface area contributed by atoms with E-state index >= 15 is 0 Å². The van der Waals surface area contributed by atoms with Crippen LogP contribution < -0.4 is 15.4 Å². The van der Waals surface area contributed by atoms with E-state index in [2.05, 4.69) is 24.5 Å². The molecule has 0 fully saturated rings. The molecule has 0 spiro atoms. The van der Waals surface area contributed by atoms with Gasteiger partial charge in [-0.15, -0.1) is 0 Å². The maximum atomic E-state index is 12.6. The topological polar surface area (TPSA) is 50.4 Å². The Morgan fingerprint density at radius 3 is 2.38 bits per heavy atom. The Labute approximate surface area is 161 Å². The van der Waals surface area contributed by atoms with Crippen molar-refractivity contribution >= 4 is 23.2 Å². The smallest absolute Gasteiger partial charge is 0.261 e. The molecule has 4 nitrogen and oxygen atoms in total. The highest BCUT2D eigenvalue weighted by molar-refractivity contribution is 7.80. The van der Waals surface area contributed by atoms with E-state index in [1.807, 2.05) is 49.4 Å². The number of hydrogen-bond donors (Lipinski definition) is 2. The summed E-state index contributed by atoms with van der Waals surface area (Å²) in [6, 6.07) is 17.2. The van der Waals surface area contributed by atoms with Crippen molar-refractivity contribution in [2.45, 2.75) is 33.2 Å². The first-order chi connectivity index (χ1) is 12.5. The van der Waals surface area contributed by atoms with E-state index in [4.69, 9.17) is 17.0 Å². The molecule has 138 valence electrons. The quantitative estimate of drug-likeness (QED) is 0.706. The van der Waals surface area contributed by atoms with Crippen LogP contribution in [0.25, 0.3) is 0 Å². The van der Waals surface area contributed by atoms with Crippen LogP contribution in [0.5, 0.6) is 5.75 Å².